The Labute approximate surface area is 151 Å². The van der Waals surface area contributed by atoms with Crippen molar-refractivity contribution in [2.24, 2.45) is 16.7 Å². The predicted molar refractivity (Wildman–Crippen MR) is 90.7 cm³/mol. The molecule has 146 valence electrons. The van der Waals surface area contributed by atoms with Gasteiger partial charge in [0.2, 0.25) is 0 Å². The molecule has 2 aromatic carbocycles. The fourth-order valence-electron chi connectivity index (χ4n) is 1.91. The lowest BCUT2D eigenvalue weighted by molar-refractivity contribution is -0.192. The Morgan fingerprint density at radius 1 is 1.26 bits per heavy atom. The summed E-state index contributed by atoms with van der Waals surface area (Å²) >= 11 is 0. The third-order valence-electron chi connectivity index (χ3n) is 3.00. The first-order valence-electron chi connectivity index (χ1n) is 7.15. The van der Waals surface area contributed by atoms with Gasteiger partial charge in [-0.25, -0.2) is 4.79 Å². The Balaban J connectivity index is 0.000000445. The maximum atomic E-state index is 10.9. The highest BCUT2D eigenvalue weighted by Gasteiger charge is 2.38. The van der Waals surface area contributed by atoms with Gasteiger partial charge in [-0.2, -0.15) is 18.3 Å². The third kappa shape index (κ3) is 6.38. The van der Waals surface area contributed by atoms with Gasteiger partial charge in [0.15, 0.2) is 18.1 Å². The van der Waals surface area contributed by atoms with E-state index in [1.807, 2.05) is 24.3 Å². The number of hydrazone groups is 1. The maximum Gasteiger partial charge on any atom is 0.490 e. The number of aliphatic carboxylic acids is 1. The summed E-state index contributed by atoms with van der Waals surface area (Å²) in [5.41, 5.74) is 5.93. The van der Waals surface area contributed by atoms with Gasteiger partial charge in [-0.05, 0) is 23.1 Å². The molecule has 11 heteroatoms. The molecule has 2 rings (SSSR count). The highest BCUT2D eigenvalue weighted by atomic mass is 19.4. The average Bonchev–Trinajstić information content (AvgIpc) is 2.59. The van der Waals surface area contributed by atoms with Crippen LogP contribution in [0.2, 0.25) is 0 Å². The Kier molecular flexibility index (Phi) is 7.39. The maximum absolute atomic E-state index is 10.9. The van der Waals surface area contributed by atoms with E-state index in [9.17, 15) is 18.0 Å². The van der Waals surface area contributed by atoms with Gasteiger partial charge in [-0.1, -0.05) is 18.2 Å². The van der Waals surface area contributed by atoms with E-state index >= 15 is 0 Å². The van der Waals surface area contributed by atoms with Crippen molar-refractivity contribution >= 4 is 28.9 Å². The number of nitrogens with two attached hydrogens (primary N) is 2. The molecule has 1 amide bonds. The van der Waals surface area contributed by atoms with Crippen LogP contribution in [0.25, 0.3) is 10.8 Å². The van der Waals surface area contributed by atoms with Crippen LogP contribution >= 0.6 is 0 Å². The van der Waals surface area contributed by atoms with Gasteiger partial charge in [-0.15, -0.1) is 0 Å². The van der Waals surface area contributed by atoms with Crippen molar-refractivity contribution in [3.8, 4) is 11.5 Å². The molecule has 0 unspecified atom stereocenters. The fraction of sp³-hybridized carbons (Fsp3) is 0.188. The van der Waals surface area contributed by atoms with Crippen molar-refractivity contribution in [3.63, 3.8) is 0 Å². The molecule has 0 atom stereocenters. The summed E-state index contributed by atoms with van der Waals surface area (Å²) in [6, 6.07) is 9.31. The monoisotopic (exact) mass is 387 g/mol. The molecule has 5 N–H and O–H groups in total. The Bertz CT molecular complexity index is 853. The summed E-state index contributed by atoms with van der Waals surface area (Å²) in [4.78, 5) is 19.8. The van der Waals surface area contributed by atoms with E-state index in [-0.39, 0.29) is 6.61 Å². The molecule has 0 saturated heterocycles. The van der Waals surface area contributed by atoms with Crippen LogP contribution in [0, 0.1) is 0 Å². The van der Waals surface area contributed by atoms with Crippen LogP contribution in [0.3, 0.4) is 0 Å². The molecule has 0 aliphatic carbocycles. The van der Waals surface area contributed by atoms with Gasteiger partial charge >= 0.3 is 12.1 Å². The lowest BCUT2D eigenvalue weighted by Crippen LogP contribution is -2.21. The first-order valence-corrected chi connectivity index (χ1v) is 7.15. The summed E-state index contributed by atoms with van der Waals surface area (Å²) < 4.78 is 42.4. The number of carboxylic acids is 1. The van der Waals surface area contributed by atoms with E-state index in [4.69, 9.17) is 31.0 Å². The lowest BCUT2D eigenvalue weighted by Gasteiger charge is -2.13. The van der Waals surface area contributed by atoms with Gasteiger partial charge < -0.3 is 26.2 Å². The number of ether oxygens (including phenoxy) is 2. The van der Waals surface area contributed by atoms with Crippen molar-refractivity contribution in [2.45, 2.75) is 6.18 Å². The topological polar surface area (TPSA) is 137 Å². The number of primary amides is 1. The average molecular weight is 387 g/mol. The molecule has 0 bridgehead atoms. The summed E-state index contributed by atoms with van der Waals surface area (Å²) in [6.45, 7) is -0.218. The second-order valence-electron chi connectivity index (χ2n) is 4.91. The number of carboxylic acid groups (broad SMARTS) is 1. The molecule has 0 aromatic heterocycles. The lowest BCUT2D eigenvalue weighted by atomic mass is 10.1. The molecular weight excluding hydrogens is 371 g/mol. The smallest absolute Gasteiger partial charge is 0.490 e. The van der Waals surface area contributed by atoms with Crippen molar-refractivity contribution in [1.82, 2.24) is 0 Å². The number of amides is 1. The molecule has 27 heavy (non-hydrogen) atoms. The molecule has 0 aliphatic rings. The molecule has 2 aromatic rings. The number of nitrogens with zero attached hydrogens (tertiary/aromatic N) is 1. The number of carbonyl (C=O) groups is 2. The molecule has 0 radical (unpaired) electrons. The molecule has 0 fully saturated rings. The first-order chi connectivity index (χ1) is 12.6. The molecule has 0 aliphatic heterocycles. The zero-order chi connectivity index (χ0) is 20.6. The Morgan fingerprint density at radius 2 is 1.85 bits per heavy atom. The quantitative estimate of drug-likeness (QED) is 0.405. The minimum atomic E-state index is -5.08. The normalized spacial score (nSPS) is 11.0. The zero-order valence-electron chi connectivity index (χ0n) is 14.0. The number of alkyl halides is 3. The van der Waals surface area contributed by atoms with Gasteiger partial charge in [0.1, 0.15) is 0 Å². The van der Waals surface area contributed by atoms with Gasteiger partial charge in [-0.3, -0.25) is 4.79 Å². The second-order valence-corrected chi connectivity index (χ2v) is 4.91. The zero-order valence-corrected chi connectivity index (χ0v) is 14.0. The summed E-state index contributed by atoms with van der Waals surface area (Å²) in [7, 11) is 1.53. The van der Waals surface area contributed by atoms with Crippen LogP contribution in [0.4, 0.5) is 13.2 Å². The van der Waals surface area contributed by atoms with Crippen LogP contribution in [0.15, 0.2) is 35.4 Å². The van der Waals surface area contributed by atoms with E-state index in [2.05, 4.69) is 5.10 Å². The van der Waals surface area contributed by atoms with E-state index in [0.717, 1.165) is 16.3 Å². The van der Waals surface area contributed by atoms with Crippen molar-refractivity contribution < 1.29 is 37.3 Å². The van der Waals surface area contributed by atoms with Crippen molar-refractivity contribution in [1.29, 1.82) is 0 Å². The molecule has 0 spiro atoms. The standard InChI is InChI=1S/C14H15N3O3.C2HF3O2/c1-19-12-5-4-10-3-2-9(7-17-16)6-11(10)14(12)20-8-13(15)18;3-2(4,5)1(6)7/h2-7H,8,16H2,1H3,(H2,15,18);(H,6,7). The van der Waals surface area contributed by atoms with Crippen molar-refractivity contribution in [3.05, 3.63) is 35.9 Å². The fourth-order valence-corrected chi connectivity index (χ4v) is 1.91. The van der Waals surface area contributed by atoms with E-state index in [0.29, 0.717) is 11.5 Å². The number of hydrogen-bond acceptors (Lipinski definition) is 6. The van der Waals surface area contributed by atoms with Gasteiger partial charge in [0.05, 0.1) is 13.3 Å². The minimum absolute atomic E-state index is 0.218. The summed E-state index contributed by atoms with van der Waals surface area (Å²) in [5.74, 6) is 2.84. The molecule has 0 heterocycles. The first kappa shape index (κ1) is 21.5. The third-order valence-corrected chi connectivity index (χ3v) is 3.00. The number of hydrogen-bond donors (Lipinski definition) is 3. The molecule has 8 nitrogen and oxygen atoms in total. The van der Waals surface area contributed by atoms with Crippen LogP contribution in [-0.4, -0.2) is 43.1 Å². The molecular formula is C16H16F3N3O5. The number of rotatable bonds is 5. The number of benzene rings is 2. The number of methoxy groups -OCH3 is 1. The molecule has 0 saturated carbocycles. The predicted octanol–water partition coefficient (Wildman–Crippen LogP) is 1.64. The summed E-state index contributed by atoms with van der Waals surface area (Å²) in [5, 5.41) is 12.4. The Morgan fingerprint density at radius 3 is 2.33 bits per heavy atom. The number of carbonyl (C=O) groups excluding carboxylic acids is 1. The van der Waals surface area contributed by atoms with E-state index < -0.39 is 18.1 Å². The highest BCUT2D eigenvalue weighted by Crippen LogP contribution is 2.35. The van der Waals surface area contributed by atoms with Crippen LogP contribution in [0.5, 0.6) is 11.5 Å². The van der Waals surface area contributed by atoms with Gasteiger partial charge in [0.25, 0.3) is 5.91 Å². The summed E-state index contributed by atoms with van der Waals surface area (Å²) in [6.07, 6.45) is -3.56. The second kappa shape index (κ2) is 9.27. The number of halogens is 3. The van der Waals surface area contributed by atoms with Crippen LogP contribution in [0.1, 0.15) is 5.56 Å². The largest absolute Gasteiger partial charge is 0.493 e. The Hall–Kier alpha value is -3.50. The highest BCUT2D eigenvalue weighted by molar-refractivity contribution is 5.95. The number of fused-ring (bicyclic) bond motifs is 1. The minimum Gasteiger partial charge on any atom is -0.493 e. The van der Waals surface area contributed by atoms with E-state index in [1.54, 1.807) is 6.07 Å². The van der Waals surface area contributed by atoms with E-state index in [1.165, 1.54) is 13.3 Å². The van der Waals surface area contributed by atoms with Crippen LogP contribution in [-0.2, 0) is 9.59 Å². The van der Waals surface area contributed by atoms with Crippen LogP contribution < -0.4 is 21.1 Å². The van der Waals surface area contributed by atoms with Crippen molar-refractivity contribution in [2.75, 3.05) is 13.7 Å². The SMILES string of the molecule is COc1ccc2ccc(C=NN)cc2c1OCC(N)=O.O=C(O)C(F)(F)F. The van der Waals surface area contributed by atoms with Gasteiger partial charge in [0, 0.05) is 5.39 Å².